The van der Waals surface area contributed by atoms with Gasteiger partial charge in [-0.05, 0) is 0 Å². The van der Waals surface area contributed by atoms with Crippen LogP contribution in [0.25, 0.3) is 0 Å². The van der Waals surface area contributed by atoms with Crippen LogP contribution in [0.5, 0.6) is 0 Å². The number of hydrogen-bond acceptors (Lipinski definition) is 7. The Morgan fingerprint density at radius 2 is 2.45 bits per heavy atom. The van der Waals surface area contributed by atoms with Crippen molar-refractivity contribution < 1.29 is 19.1 Å². The first kappa shape index (κ1) is 15.8. The molecule has 9 heteroatoms. The smallest absolute Gasteiger partial charge is 0.274 e. The van der Waals surface area contributed by atoms with Gasteiger partial charge >= 0.3 is 0 Å². The van der Waals surface area contributed by atoms with Gasteiger partial charge in [0.15, 0.2) is 11.6 Å². The van der Waals surface area contributed by atoms with Crippen molar-refractivity contribution in [2.75, 3.05) is 13.6 Å². The number of β-amino-alcohol motifs (C(OH)–C–C–N with tert-alkyl or cyclic N) is 1. The minimum atomic E-state index is -0.899. The number of rotatable bonds is 4. The van der Waals surface area contributed by atoms with Crippen LogP contribution >= 0.6 is 0 Å². The molecule has 0 spiro atoms. The Hall–Kier alpha value is -2.55. The molecule has 1 saturated heterocycles. The van der Waals surface area contributed by atoms with Gasteiger partial charge in [-0.3, -0.25) is 24.9 Å². The Labute approximate surface area is 126 Å². The third kappa shape index (κ3) is 3.37. The van der Waals surface area contributed by atoms with Gasteiger partial charge in [0.1, 0.15) is 18.1 Å². The second-order valence-corrected chi connectivity index (χ2v) is 4.86. The molecule has 1 fully saturated rings. The summed E-state index contributed by atoms with van der Waals surface area (Å²) in [4.78, 5) is 32.6. The number of aliphatic imine (C=N–C) groups is 1. The van der Waals surface area contributed by atoms with Crippen molar-refractivity contribution in [1.29, 1.82) is 5.41 Å². The van der Waals surface area contributed by atoms with E-state index in [-0.39, 0.29) is 30.4 Å². The number of amidine groups is 1. The van der Waals surface area contributed by atoms with Crippen molar-refractivity contribution >= 4 is 23.9 Å². The zero-order valence-electron chi connectivity index (χ0n) is 12.2. The molecule has 2 heterocycles. The van der Waals surface area contributed by atoms with Crippen molar-refractivity contribution in [1.82, 2.24) is 15.2 Å². The molecule has 1 aromatic rings. The van der Waals surface area contributed by atoms with Crippen LogP contribution in [0.1, 0.15) is 22.8 Å². The van der Waals surface area contributed by atoms with E-state index in [1.807, 2.05) is 0 Å². The number of oxazole rings is 1. The van der Waals surface area contributed by atoms with Crippen LogP contribution in [0.2, 0.25) is 0 Å². The number of carbonyl (C=O) groups is 2. The number of aliphatic hydroxyl groups is 1. The molecule has 2 amide bonds. The highest BCUT2D eigenvalue weighted by molar-refractivity contribution is 6.10. The largest absolute Gasteiger partial charge is 0.448 e. The van der Waals surface area contributed by atoms with Crippen LogP contribution in [-0.4, -0.2) is 64.6 Å². The molecule has 2 rings (SSSR count). The summed E-state index contributed by atoms with van der Waals surface area (Å²) in [7, 11) is 1.49. The number of aliphatic hydroxyl groups excluding tert-OH is 1. The van der Waals surface area contributed by atoms with Crippen molar-refractivity contribution in [2.45, 2.75) is 25.5 Å². The van der Waals surface area contributed by atoms with Gasteiger partial charge in [0.25, 0.3) is 5.91 Å². The topological polar surface area (TPSA) is 132 Å². The monoisotopic (exact) mass is 307 g/mol. The molecule has 0 saturated carbocycles. The van der Waals surface area contributed by atoms with Gasteiger partial charge in [0, 0.05) is 20.2 Å². The maximum atomic E-state index is 12.1. The second-order valence-electron chi connectivity index (χ2n) is 4.86. The first-order valence-electron chi connectivity index (χ1n) is 6.64. The average Bonchev–Trinajstić information content (AvgIpc) is 3.03. The van der Waals surface area contributed by atoms with Crippen LogP contribution in [0.15, 0.2) is 15.7 Å². The lowest BCUT2D eigenvalue weighted by Gasteiger charge is -2.22. The molecule has 0 aliphatic carbocycles. The molecule has 1 aliphatic rings. The van der Waals surface area contributed by atoms with E-state index in [1.165, 1.54) is 19.5 Å². The number of aromatic nitrogens is 1. The first-order chi connectivity index (χ1) is 10.4. The van der Waals surface area contributed by atoms with Gasteiger partial charge in [-0.15, -0.1) is 0 Å². The number of nitrogens with one attached hydrogen (secondary N) is 2. The lowest BCUT2D eigenvalue weighted by Crippen LogP contribution is -2.50. The summed E-state index contributed by atoms with van der Waals surface area (Å²) in [6.45, 7) is 1.64. The maximum absolute atomic E-state index is 12.1. The number of amides is 2. The lowest BCUT2D eigenvalue weighted by molar-refractivity contribution is -0.124. The van der Waals surface area contributed by atoms with Crippen LogP contribution in [0.4, 0.5) is 0 Å². The molecule has 2 unspecified atom stereocenters. The van der Waals surface area contributed by atoms with Gasteiger partial charge < -0.3 is 14.8 Å². The number of carbonyl (C=O) groups excluding carboxylic acids is 2. The third-order valence-electron chi connectivity index (χ3n) is 3.13. The lowest BCUT2D eigenvalue weighted by atomic mass is 10.2. The maximum Gasteiger partial charge on any atom is 0.274 e. The fourth-order valence-electron chi connectivity index (χ4n) is 2.10. The van der Waals surface area contributed by atoms with Crippen LogP contribution in [-0.2, 0) is 4.79 Å². The molecule has 0 bridgehead atoms. The molecular weight excluding hydrogens is 290 g/mol. The molecular formula is C13H17N5O4. The fourth-order valence-corrected chi connectivity index (χ4v) is 2.10. The minimum Gasteiger partial charge on any atom is -0.448 e. The zero-order chi connectivity index (χ0) is 16.3. The van der Waals surface area contributed by atoms with E-state index in [0.717, 1.165) is 4.90 Å². The summed E-state index contributed by atoms with van der Waals surface area (Å²) in [6, 6.07) is -0.899. The van der Waals surface area contributed by atoms with E-state index < -0.39 is 18.1 Å². The van der Waals surface area contributed by atoms with E-state index in [1.54, 1.807) is 6.92 Å². The number of likely N-dealkylation sites (tertiary alicyclic amines) is 1. The molecule has 22 heavy (non-hydrogen) atoms. The predicted octanol–water partition coefficient (Wildman–Crippen LogP) is -0.648. The fraction of sp³-hybridized carbons (Fsp3) is 0.462. The second kappa shape index (κ2) is 6.48. The normalized spacial score (nSPS) is 19.7. The number of nitrogens with zero attached hydrogens (tertiary/aromatic N) is 3. The summed E-state index contributed by atoms with van der Waals surface area (Å²) in [5.74, 6) is -0.711. The molecule has 1 aromatic heterocycles. The van der Waals surface area contributed by atoms with E-state index in [0.29, 0.717) is 5.89 Å². The summed E-state index contributed by atoms with van der Waals surface area (Å²) in [5.41, 5.74) is 0.0765. The quantitative estimate of drug-likeness (QED) is 0.502. The minimum absolute atomic E-state index is 0.0324. The van der Waals surface area contributed by atoms with Crippen molar-refractivity contribution in [3.63, 3.8) is 0 Å². The Morgan fingerprint density at radius 3 is 2.95 bits per heavy atom. The Bertz CT molecular complexity index is 624. The first-order valence-corrected chi connectivity index (χ1v) is 6.64. The van der Waals surface area contributed by atoms with E-state index in [2.05, 4.69) is 15.3 Å². The van der Waals surface area contributed by atoms with E-state index in [9.17, 15) is 14.7 Å². The predicted molar refractivity (Wildman–Crippen MR) is 77.0 cm³/mol. The summed E-state index contributed by atoms with van der Waals surface area (Å²) in [5, 5.41) is 20.1. The Balaban J connectivity index is 2.11. The van der Waals surface area contributed by atoms with Gasteiger partial charge in [-0.1, -0.05) is 0 Å². The average molecular weight is 307 g/mol. The molecule has 9 nitrogen and oxygen atoms in total. The van der Waals surface area contributed by atoms with Gasteiger partial charge in [-0.2, -0.15) is 0 Å². The molecule has 1 aliphatic heterocycles. The third-order valence-corrected chi connectivity index (χ3v) is 3.13. The van der Waals surface area contributed by atoms with Gasteiger partial charge in [0.2, 0.25) is 5.91 Å². The van der Waals surface area contributed by atoms with Crippen LogP contribution < -0.4 is 5.32 Å². The van der Waals surface area contributed by atoms with Crippen molar-refractivity contribution in [2.24, 2.45) is 4.99 Å². The zero-order valence-corrected chi connectivity index (χ0v) is 12.2. The molecule has 0 radical (unpaired) electrons. The molecule has 3 N–H and O–H groups in total. The number of hydrogen-bond donors (Lipinski definition) is 3. The van der Waals surface area contributed by atoms with Gasteiger partial charge in [-0.25, -0.2) is 4.98 Å². The summed E-state index contributed by atoms with van der Waals surface area (Å²) < 4.78 is 4.96. The van der Waals surface area contributed by atoms with E-state index in [4.69, 9.17) is 9.83 Å². The van der Waals surface area contributed by atoms with Crippen molar-refractivity contribution in [3.05, 3.63) is 17.8 Å². The Kier molecular flexibility index (Phi) is 4.66. The molecule has 2 atom stereocenters. The summed E-state index contributed by atoms with van der Waals surface area (Å²) in [6.07, 6.45) is 1.71. The van der Waals surface area contributed by atoms with Crippen LogP contribution in [0, 0.1) is 12.3 Å². The SMILES string of the molecule is CN=CC(NC(=O)c1coc(C)n1)C(=N)N1CC(O)CC1=O. The molecule has 118 valence electrons. The summed E-state index contributed by atoms with van der Waals surface area (Å²) >= 11 is 0. The van der Waals surface area contributed by atoms with E-state index >= 15 is 0 Å². The Morgan fingerprint density at radius 1 is 1.73 bits per heavy atom. The van der Waals surface area contributed by atoms with Crippen LogP contribution in [0.3, 0.4) is 0 Å². The standard InChI is InChI=1S/C13H17N5O4/c1-7-16-10(6-22-7)13(21)17-9(4-15-2)12(14)18-5-8(19)3-11(18)20/h4,6,8-9,14,19H,3,5H2,1-2H3,(H,17,21). The number of aryl methyl sites for hydroxylation is 1. The van der Waals surface area contributed by atoms with Gasteiger partial charge in [0.05, 0.1) is 19.1 Å². The molecule has 0 aromatic carbocycles. The highest BCUT2D eigenvalue weighted by Gasteiger charge is 2.34. The van der Waals surface area contributed by atoms with Crippen molar-refractivity contribution in [3.8, 4) is 0 Å². The highest BCUT2D eigenvalue weighted by Crippen LogP contribution is 2.12. The highest BCUT2D eigenvalue weighted by atomic mass is 16.3.